The van der Waals surface area contributed by atoms with Crippen molar-refractivity contribution in [1.29, 1.82) is 0 Å². The van der Waals surface area contributed by atoms with Gasteiger partial charge in [0.2, 0.25) is 10.0 Å². The van der Waals surface area contributed by atoms with Gasteiger partial charge in [0.1, 0.15) is 4.90 Å². The minimum atomic E-state index is -3.41. The van der Waals surface area contributed by atoms with E-state index in [1.54, 1.807) is 6.07 Å². The third-order valence-electron chi connectivity index (χ3n) is 4.50. The van der Waals surface area contributed by atoms with Gasteiger partial charge < -0.3 is 5.32 Å². The molecule has 2 aliphatic carbocycles. The molecule has 21 heavy (non-hydrogen) atoms. The van der Waals surface area contributed by atoms with Crippen molar-refractivity contribution in [2.45, 2.75) is 44.0 Å². The van der Waals surface area contributed by atoms with E-state index in [9.17, 15) is 8.42 Å². The largest absolute Gasteiger partial charge is 0.312 e. The summed E-state index contributed by atoms with van der Waals surface area (Å²) >= 11 is 4.88. The predicted octanol–water partition coefficient (Wildman–Crippen LogP) is 3.09. The van der Waals surface area contributed by atoms with Crippen LogP contribution in [0.5, 0.6) is 0 Å². The topological polar surface area (TPSA) is 58.2 Å². The van der Waals surface area contributed by atoms with Gasteiger partial charge in [0, 0.05) is 18.0 Å². The molecule has 118 valence electrons. The highest BCUT2D eigenvalue weighted by Crippen LogP contribution is 2.60. The first-order chi connectivity index (χ1) is 9.97. The average molecular weight is 393 g/mol. The molecular weight excluding hydrogens is 372 g/mol. The lowest BCUT2D eigenvalue weighted by Crippen LogP contribution is -2.31. The molecule has 7 heteroatoms. The molecular formula is C14H21BrN2O2S2. The van der Waals surface area contributed by atoms with Crippen LogP contribution in [0.25, 0.3) is 0 Å². The van der Waals surface area contributed by atoms with Gasteiger partial charge in [-0.3, -0.25) is 0 Å². The minimum Gasteiger partial charge on any atom is -0.312 e. The van der Waals surface area contributed by atoms with E-state index in [1.807, 2.05) is 6.92 Å². The van der Waals surface area contributed by atoms with Gasteiger partial charge in [-0.1, -0.05) is 6.92 Å². The highest BCUT2D eigenvalue weighted by atomic mass is 79.9. The van der Waals surface area contributed by atoms with Crippen LogP contribution in [-0.4, -0.2) is 21.5 Å². The molecule has 1 aromatic rings. The lowest BCUT2D eigenvalue weighted by Gasteiger charge is -2.14. The molecule has 2 fully saturated rings. The molecule has 2 saturated carbocycles. The Kier molecular flexibility index (Phi) is 4.49. The van der Waals surface area contributed by atoms with E-state index < -0.39 is 10.0 Å². The number of hydrogen-bond acceptors (Lipinski definition) is 4. The molecule has 0 radical (unpaired) electrons. The summed E-state index contributed by atoms with van der Waals surface area (Å²) in [4.78, 5) is 1.42. The SMILES string of the molecule is CCNCc1cc(S(=O)(=O)NCC2(C3CC3)CC2)c(Br)s1. The summed E-state index contributed by atoms with van der Waals surface area (Å²) in [6, 6.07) is 1.77. The normalized spacial score (nSPS) is 20.7. The van der Waals surface area contributed by atoms with Crippen LogP contribution in [0.3, 0.4) is 0 Å². The lowest BCUT2D eigenvalue weighted by molar-refractivity contribution is 0.432. The van der Waals surface area contributed by atoms with E-state index in [-0.39, 0.29) is 5.41 Å². The van der Waals surface area contributed by atoms with Crippen LogP contribution in [-0.2, 0) is 16.6 Å². The van der Waals surface area contributed by atoms with Gasteiger partial charge in [-0.05, 0) is 65.6 Å². The van der Waals surface area contributed by atoms with Crippen molar-refractivity contribution < 1.29 is 8.42 Å². The van der Waals surface area contributed by atoms with Crippen LogP contribution in [0, 0.1) is 11.3 Å². The highest BCUT2D eigenvalue weighted by Gasteiger charge is 2.53. The Morgan fingerprint density at radius 1 is 1.43 bits per heavy atom. The Morgan fingerprint density at radius 3 is 2.71 bits per heavy atom. The maximum atomic E-state index is 12.5. The van der Waals surface area contributed by atoms with E-state index in [4.69, 9.17) is 0 Å². The summed E-state index contributed by atoms with van der Waals surface area (Å²) in [5.41, 5.74) is 0.280. The first-order valence-electron chi connectivity index (χ1n) is 7.45. The Morgan fingerprint density at radius 2 is 2.14 bits per heavy atom. The van der Waals surface area contributed by atoms with Crippen LogP contribution in [0.4, 0.5) is 0 Å². The number of hydrogen-bond donors (Lipinski definition) is 2. The zero-order valence-corrected chi connectivity index (χ0v) is 15.3. The van der Waals surface area contributed by atoms with Crippen LogP contribution in [0.1, 0.15) is 37.5 Å². The van der Waals surface area contributed by atoms with Crippen molar-refractivity contribution >= 4 is 37.3 Å². The Hall–Kier alpha value is 0.0500. The summed E-state index contributed by atoms with van der Waals surface area (Å²) in [5, 5.41) is 3.22. The summed E-state index contributed by atoms with van der Waals surface area (Å²) in [6.45, 7) is 4.22. The van der Waals surface area contributed by atoms with Crippen molar-refractivity contribution in [2.75, 3.05) is 13.1 Å². The molecule has 3 rings (SSSR count). The summed E-state index contributed by atoms with van der Waals surface area (Å²) in [6.07, 6.45) is 4.90. The van der Waals surface area contributed by atoms with E-state index in [0.717, 1.165) is 17.3 Å². The average Bonchev–Trinajstić information content (AvgIpc) is 3.32. The molecule has 4 nitrogen and oxygen atoms in total. The number of nitrogens with one attached hydrogen (secondary N) is 2. The van der Waals surface area contributed by atoms with Gasteiger partial charge in [0.15, 0.2) is 0 Å². The van der Waals surface area contributed by atoms with Crippen molar-refractivity contribution in [3.63, 3.8) is 0 Å². The summed E-state index contributed by atoms with van der Waals surface area (Å²) in [7, 11) is -3.41. The maximum absolute atomic E-state index is 12.5. The standard InChI is InChI=1S/C14H21BrN2O2S2/c1-2-16-8-11-7-12(13(15)20-11)21(18,19)17-9-14(5-6-14)10-3-4-10/h7,10,16-17H,2-6,8-9H2,1H3. The smallest absolute Gasteiger partial charge is 0.242 e. The fourth-order valence-electron chi connectivity index (χ4n) is 2.82. The Bertz CT molecular complexity index is 619. The van der Waals surface area contributed by atoms with Crippen LogP contribution >= 0.6 is 27.3 Å². The molecule has 2 N–H and O–H groups in total. The minimum absolute atomic E-state index is 0.280. The van der Waals surface area contributed by atoms with Crippen molar-refractivity contribution in [3.05, 3.63) is 14.7 Å². The van der Waals surface area contributed by atoms with E-state index in [1.165, 1.54) is 37.0 Å². The molecule has 2 aliphatic rings. The van der Waals surface area contributed by atoms with E-state index >= 15 is 0 Å². The fraction of sp³-hybridized carbons (Fsp3) is 0.714. The third kappa shape index (κ3) is 3.52. The molecule has 1 heterocycles. The Balaban J connectivity index is 1.67. The first-order valence-corrected chi connectivity index (χ1v) is 10.5. The highest BCUT2D eigenvalue weighted by molar-refractivity contribution is 9.11. The van der Waals surface area contributed by atoms with Gasteiger partial charge in [0.05, 0.1) is 3.79 Å². The zero-order chi connectivity index (χ0) is 15.1. The summed E-state index contributed by atoms with van der Waals surface area (Å²) in [5.74, 6) is 0.760. The molecule has 0 bridgehead atoms. The molecule has 0 spiro atoms. The van der Waals surface area contributed by atoms with E-state index in [0.29, 0.717) is 21.8 Å². The second-order valence-electron chi connectivity index (χ2n) is 6.09. The summed E-state index contributed by atoms with van der Waals surface area (Å²) < 4.78 is 28.5. The molecule has 0 saturated heterocycles. The molecule has 1 aromatic heterocycles. The number of halogens is 1. The number of thiophene rings is 1. The molecule has 0 aromatic carbocycles. The van der Waals surface area contributed by atoms with Crippen molar-refractivity contribution in [3.8, 4) is 0 Å². The molecule has 0 aliphatic heterocycles. The van der Waals surface area contributed by atoms with E-state index in [2.05, 4.69) is 26.0 Å². The van der Waals surface area contributed by atoms with Crippen LogP contribution in [0.2, 0.25) is 0 Å². The third-order valence-corrected chi connectivity index (χ3v) is 8.15. The van der Waals surface area contributed by atoms with Gasteiger partial charge in [-0.2, -0.15) is 0 Å². The van der Waals surface area contributed by atoms with Gasteiger partial charge in [-0.15, -0.1) is 11.3 Å². The predicted molar refractivity (Wildman–Crippen MR) is 89.0 cm³/mol. The number of sulfonamides is 1. The monoisotopic (exact) mass is 392 g/mol. The molecule has 0 atom stereocenters. The van der Waals surface area contributed by atoms with Crippen molar-refractivity contribution in [2.24, 2.45) is 11.3 Å². The van der Waals surface area contributed by atoms with Gasteiger partial charge >= 0.3 is 0 Å². The van der Waals surface area contributed by atoms with Gasteiger partial charge in [0.25, 0.3) is 0 Å². The quantitative estimate of drug-likeness (QED) is 0.714. The van der Waals surface area contributed by atoms with Crippen molar-refractivity contribution in [1.82, 2.24) is 10.0 Å². The maximum Gasteiger partial charge on any atom is 0.242 e. The molecule has 0 amide bonds. The lowest BCUT2D eigenvalue weighted by atomic mass is 10.0. The van der Waals surface area contributed by atoms with Gasteiger partial charge in [-0.25, -0.2) is 13.1 Å². The zero-order valence-electron chi connectivity index (χ0n) is 12.1. The molecule has 0 unspecified atom stereocenters. The fourth-order valence-corrected chi connectivity index (χ4v) is 6.61. The first kappa shape index (κ1) is 15.9. The Labute approximate surface area is 138 Å². The second kappa shape index (κ2) is 5.92. The van der Waals surface area contributed by atoms with Crippen LogP contribution in [0.15, 0.2) is 14.7 Å². The second-order valence-corrected chi connectivity index (χ2v) is 10.3. The number of rotatable bonds is 8. The van der Waals surface area contributed by atoms with Crippen LogP contribution < -0.4 is 10.0 Å².